The van der Waals surface area contributed by atoms with Crippen molar-refractivity contribution in [2.24, 2.45) is 5.73 Å². The maximum Gasteiger partial charge on any atom is 0.522 e. The predicted octanol–water partition coefficient (Wildman–Crippen LogP) is 4.36. The molecule has 11 heteroatoms. The molecule has 0 amide bonds. The Morgan fingerprint density at radius 2 is 1.79 bits per heavy atom. The highest BCUT2D eigenvalue weighted by atomic mass is 79.9. The Morgan fingerprint density at radius 1 is 1.24 bits per heavy atom. The van der Waals surface area contributed by atoms with Crippen LogP contribution in [0.1, 0.15) is 50.7 Å². The molecule has 0 spiro atoms. The molecule has 4 N–H and O–H groups in total. The van der Waals surface area contributed by atoms with Crippen LogP contribution in [0.15, 0.2) is 16.6 Å². The Bertz CT molecular complexity index is 716. The van der Waals surface area contributed by atoms with Gasteiger partial charge in [-0.25, -0.2) is 0 Å². The molecule has 0 unspecified atom stereocenters. The summed E-state index contributed by atoms with van der Waals surface area (Å²) in [7, 11) is -5.84. The van der Waals surface area contributed by atoms with Crippen molar-refractivity contribution in [3.63, 3.8) is 0 Å². The average molecular weight is 508 g/mol. The minimum atomic E-state index is -5.84. The molecule has 1 aromatic rings. The number of hydrogen-bond donors (Lipinski definition) is 3. The Morgan fingerprint density at radius 3 is 2.21 bits per heavy atom. The monoisotopic (exact) mass is 507 g/mol. The number of aliphatic hydroxyl groups is 1. The van der Waals surface area contributed by atoms with Gasteiger partial charge < -0.3 is 15.6 Å². The first-order valence-electron chi connectivity index (χ1n) is 9.00. The van der Waals surface area contributed by atoms with Crippen LogP contribution in [0.4, 0.5) is 13.2 Å². The molecule has 0 aliphatic carbocycles. The number of benzene rings is 1. The van der Waals surface area contributed by atoms with Gasteiger partial charge in [-0.15, -0.1) is 0 Å². The van der Waals surface area contributed by atoms with Crippen LogP contribution in [-0.4, -0.2) is 42.3 Å². The number of aryl methyl sites for hydroxylation is 2. The molecule has 0 aliphatic heterocycles. The second-order valence-corrected chi connectivity index (χ2v) is 9.28. The number of rotatable bonds is 9. The van der Waals surface area contributed by atoms with E-state index in [0.29, 0.717) is 0 Å². The summed E-state index contributed by atoms with van der Waals surface area (Å²) in [5.74, 6) is 0.938. The van der Waals surface area contributed by atoms with Crippen LogP contribution < -0.4 is 10.5 Å². The van der Waals surface area contributed by atoms with Crippen molar-refractivity contribution in [3.8, 4) is 5.75 Å². The Hall–Kier alpha value is -0.880. The van der Waals surface area contributed by atoms with Crippen molar-refractivity contribution >= 4 is 26.0 Å². The smallest absolute Gasteiger partial charge is 0.492 e. The van der Waals surface area contributed by atoms with E-state index in [2.05, 4.69) is 41.9 Å². The Labute approximate surface area is 178 Å². The predicted molar refractivity (Wildman–Crippen MR) is 110 cm³/mol. The van der Waals surface area contributed by atoms with Gasteiger partial charge in [-0.05, 0) is 66.2 Å². The first kappa shape index (κ1) is 28.1. The molecule has 1 rings (SSSR count). The second-order valence-electron chi connectivity index (χ2n) is 7.01. The lowest BCUT2D eigenvalue weighted by molar-refractivity contribution is -0.0510. The van der Waals surface area contributed by atoms with E-state index in [1.165, 1.54) is 18.4 Å². The fraction of sp³-hybridized carbons (Fsp3) is 0.667. The minimum Gasteiger partial charge on any atom is -0.492 e. The van der Waals surface area contributed by atoms with Crippen LogP contribution >= 0.6 is 15.9 Å². The van der Waals surface area contributed by atoms with Gasteiger partial charge in [0.2, 0.25) is 0 Å². The summed E-state index contributed by atoms with van der Waals surface area (Å²) in [6, 6.07) is 4.24. The van der Waals surface area contributed by atoms with Gasteiger partial charge >= 0.3 is 15.6 Å². The summed E-state index contributed by atoms with van der Waals surface area (Å²) in [5.41, 5.74) is 2.28. The van der Waals surface area contributed by atoms with Gasteiger partial charge in [0, 0.05) is 5.54 Å². The number of nitrogens with two attached hydrogens (primary N) is 1. The topological polar surface area (TPSA) is 110 Å². The van der Waals surface area contributed by atoms with Crippen LogP contribution in [0.2, 0.25) is 0 Å². The van der Waals surface area contributed by atoms with Crippen molar-refractivity contribution in [2.45, 2.75) is 63.9 Å². The van der Waals surface area contributed by atoms with Crippen molar-refractivity contribution in [1.82, 2.24) is 0 Å². The van der Waals surface area contributed by atoms with Gasteiger partial charge in [-0.2, -0.15) is 21.6 Å². The van der Waals surface area contributed by atoms with E-state index in [0.717, 1.165) is 41.7 Å². The molecule has 0 aromatic heterocycles. The lowest BCUT2D eigenvalue weighted by Gasteiger charge is -2.22. The number of alkyl halides is 3. The van der Waals surface area contributed by atoms with Gasteiger partial charge in [0.1, 0.15) is 5.75 Å². The average Bonchev–Trinajstić information content (AvgIpc) is 2.57. The van der Waals surface area contributed by atoms with E-state index in [1.54, 1.807) is 0 Å². The molecule has 1 atom stereocenters. The highest BCUT2D eigenvalue weighted by Crippen LogP contribution is 2.31. The summed E-state index contributed by atoms with van der Waals surface area (Å²) in [4.78, 5) is 0. The van der Waals surface area contributed by atoms with Crippen LogP contribution in [0.25, 0.3) is 0 Å². The molecule has 0 bridgehead atoms. The SMILES string of the molecule is CCCCCOc1c(C)cc(CC[C@@](C)(N)CO)cc1Br.O=S(=O)(O)C(F)(F)F. The molecular formula is C18H29BrF3NO5S. The number of aliphatic hydroxyl groups excluding tert-OH is 1. The third-order valence-electron chi connectivity index (χ3n) is 3.92. The summed E-state index contributed by atoms with van der Waals surface area (Å²) < 4.78 is 64.4. The highest BCUT2D eigenvalue weighted by Gasteiger charge is 2.44. The number of unbranched alkanes of at least 4 members (excludes halogenated alkanes) is 2. The van der Waals surface area contributed by atoms with Crippen molar-refractivity contribution in [2.75, 3.05) is 13.2 Å². The molecule has 0 radical (unpaired) electrons. The minimum absolute atomic E-state index is 0.00573. The molecule has 0 saturated carbocycles. The summed E-state index contributed by atoms with van der Waals surface area (Å²) in [6.07, 6.45) is 5.09. The maximum atomic E-state index is 10.7. The van der Waals surface area contributed by atoms with Crippen LogP contribution in [0.5, 0.6) is 5.75 Å². The van der Waals surface area contributed by atoms with Gasteiger partial charge in [0.05, 0.1) is 17.7 Å². The molecule has 0 fully saturated rings. The van der Waals surface area contributed by atoms with E-state index >= 15 is 0 Å². The lowest BCUT2D eigenvalue weighted by Crippen LogP contribution is -2.40. The molecule has 1 aromatic carbocycles. The number of halogens is 4. The second kappa shape index (κ2) is 12.1. The van der Waals surface area contributed by atoms with Gasteiger partial charge in [0.25, 0.3) is 0 Å². The molecule has 0 heterocycles. The zero-order valence-electron chi connectivity index (χ0n) is 16.7. The zero-order chi connectivity index (χ0) is 22.9. The number of ether oxygens (including phenoxy) is 1. The van der Waals surface area contributed by atoms with Crippen molar-refractivity contribution in [1.29, 1.82) is 0 Å². The standard InChI is InChI=1S/C17H28BrNO2.CHF3O3S/c1-4-5-6-9-21-16-13(2)10-14(11-15(16)18)7-8-17(3,19)12-20;2-1(3,4)8(5,6)7/h10-11,20H,4-9,12,19H2,1-3H3;(H,5,6,7)/t17-;/m1./s1. The summed E-state index contributed by atoms with van der Waals surface area (Å²) >= 11 is 3.60. The Kier molecular flexibility index (Phi) is 11.7. The zero-order valence-corrected chi connectivity index (χ0v) is 19.1. The lowest BCUT2D eigenvalue weighted by atomic mass is 9.94. The summed E-state index contributed by atoms with van der Waals surface area (Å²) in [5, 5.41) is 9.21. The van der Waals surface area contributed by atoms with Gasteiger partial charge in [-0.1, -0.05) is 25.8 Å². The molecule has 6 nitrogen and oxygen atoms in total. The Balaban J connectivity index is 0.000000828. The van der Waals surface area contributed by atoms with E-state index in [1.807, 2.05) is 6.92 Å². The molecule has 170 valence electrons. The quantitative estimate of drug-likeness (QED) is 0.260. The summed E-state index contributed by atoms with van der Waals surface area (Å²) in [6.45, 7) is 6.90. The molecule has 0 aliphatic rings. The molecular weight excluding hydrogens is 479 g/mol. The fourth-order valence-corrected chi connectivity index (χ4v) is 2.89. The maximum absolute atomic E-state index is 10.7. The van der Waals surface area contributed by atoms with Crippen LogP contribution in [-0.2, 0) is 16.5 Å². The van der Waals surface area contributed by atoms with Gasteiger partial charge in [0.15, 0.2) is 0 Å². The van der Waals surface area contributed by atoms with Crippen LogP contribution in [0.3, 0.4) is 0 Å². The van der Waals surface area contributed by atoms with Crippen molar-refractivity contribution in [3.05, 3.63) is 27.7 Å². The van der Waals surface area contributed by atoms with E-state index in [4.69, 9.17) is 23.4 Å². The normalized spacial score (nSPS) is 14.0. The van der Waals surface area contributed by atoms with Crippen molar-refractivity contribution < 1.29 is 36.0 Å². The van der Waals surface area contributed by atoms with E-state index in [9.17, 15) is 18.3 Å². The molecule has 29 heavy (non-hydrogen) atoms. The van der Waals surface area contributed by atoms with Gasteiger partial charge in [-0.3, -0.25) is 4.55 Å². The van der Waals surface area contributed by atoms with E-state index < -0.39 is 21.2 Å². The first-order chi connectivity index (χ1) is 13.1. The first-order valence-corrected chi connectivity index (χ1v) is 11.2. The highest BCUT2D eigenvalue weighted by molar-refractivity contribution is 9.10. The fourth-order valence-electron chi connectivity index (χ4n) is 2.16. The largest absolute Gasteiger partial charge is 0.522 e. The third-order valence-corrected chi connectivity index (χ3v) is 5.10. The molecule has 0 saturated heterocycles. The van der Waals surface area contributed by atoms with Crippen LogP contribution in [0, 0.1) is 6.92 Å². The van der Waals surface area contributed by atoms with E-state index in [-0.39, 0.29) is 6.61 Å². The third kappa shape index (κ3) is 11.2. The number of hydrogen-bond acceptors (Lipinski definition) is 5.